The maximum Gasteiger partial charge on any atom is 0.254 e. The minimum Gasteiger partial charge on any atom is -0.311 e. The van der Waals surface area contributed by atoms with Crippen molar-refractivity contribution in [3.63, 3.8) is 0 Å². The Hall–Kier alpha value is -3.19. The average Bonchev–Trinajstić information content (AvgIpc) is 2.69. The number of benzene rings is 2. The zero-order chi connectivity index (χ0) is 19.2. The van der Waals surface area contributed by atoms with Crippen LogP contribution in [0.5, 0.6) is 0 Å². The molecule has 2 aromatic carbocycles. The van der Waals surface area contributed by atoms with Gasteiger partial charge in [-0.15, -0.1) is 0 Å². The van der Waals surface area contributed by atoms with Crippen LogP contribution in [0, 0.1) is 18.3 Å². The number of hydrogen-bond acceptors (Lipinski definition) is 3. The number of aromatic nitrogens is 2. The van der Waals surface area contributed by atoms with Crippen molar-refractivity contribution in [3.8, 4) is 17.2 Å². The molecule has 0 aliphatic heterocycles. The van der Waals surface area contributed by atoms with E-state index >= 15 is 0 Å². The lowest BCUT2D eigenvalue weighted by Crippen LogP contribution is -2.19. The number of rotatable bonds is 6. The van der Waals surface area contributed by atoms with Crippen molar-refractivity contribution in [1.82, 2.24) is 9.97 Å². The molecule has 1 aromatic heterocycles. The van der Waals surface area contributed by atoms with Gasteiger partial charge in [-0.2, -0.15) is 5.26 Å². The van der Waals surface area contributed by atoms with Gasteiger partial charge in [-0.3, -0.25) is 4.79 Å². The van der Waals surface area contributed by atoms with E-state index in [2.05, 4.69) is 23.0 Å². The molecule has 0 radical (unpaired) electrons. The van der Waals surface area contributed by atoms with Gasteiger partial charge in [-0.05, 0) is 42.5 Å². The van der Waals surface area contributed by atoms with Crippen LogP contribution < -0.4 is 5.56 Å². The van der Waals surface area contributed by atoms with Crippen molar-refractivity contribution in [3.05, 3.63) is 87.1 Å². The van der Waals surface area contributed by atoms with E-state index in [1.807, 2.05) is 55.5 Å². The van der Waals surface area contributed by atoms with Crippen LogP contribution in [0.4, 0.5) is 0 Å². The Morgan fingerprint density at radius 3 is 2.63 bits per heavy atom. The standard InChI is InChI=1S/C23H23N3O/c1-3-4-10-22-21(23(27)26-16(2)25-22)14-17-11-12-20(19(13-17)15-24)18-8-6-5-7-9-18/h5-9,11-13H,3-4,10,14H2,1-2H3,(H,25,26,27). The molecule has 3 aromatic rings. The third kappa shape index (κ3) is 4.32. The molecule has 0 aliphatic carbocycles. The van der Waals surface area contributed by atoms with Gasteiger partial charge in [0.1, 0.15) is 5.82 Å². The fourth-order valence-electron chi connectivity index (χ4n) is 3.27. The molecule has 27 heavy (non-hydrogen) atoms. The van der Waals surface area contributed by atoms with E-state index < -0.39 is 0 Å². The number of aromatic amines is 1. The summed E-state index contributed by atoms with van der Waals surface area (Å²) in [6.07, 6.45) is 3.33. The lowest BCUT2D eigenvalue weighted by molar-refractivity contribution is 0.752. The highest BCUT2D eigenvalue weighted by molar-refractivity contribution is 5.71. The molecule has 0 aliphatic rings. The molecule has 0 fully saturated rings. The van der Waals surface area contributed by atoms with Crippen LogP contribution in [0.2, 0.25) is 0 Å². The van der Waals surface area contributed by atoms with E-state index in [4.69, 9.17) is 0 Å². The van der Waals surface area contributed by atoms with E-state index in [1.54, 1.807) is 0 Å². The zero-order valence-corrected chi connectivity index (χ0v) is 15.7. The highest BCUT2D eigenvalue weighted by Crippen LogP contribution is 2.25. The van der Waals surface area contributed by atoms with Crippen molar-refractivity contribution in [2.24, 2.45) is 0 Å². The summed E-state index contributed by atoms with van der Waals surface area (Å²) in [6, 6.07) is 18.0. The summed E-state index contributed by atoms with van der Waals surface area (Å²) < 4.78 is 0. The number of unbranched alkanes of at least 4 members (excludes halogenated alkanes) is 1. The van der Waals surface area contributed by atoms with Crippen molar-refractivity contribution in [2.75, 3.05) is 0 Å². The third-order valence-electron chi connectivity index (χ3n) is 4.66. The fraction of sp³-hybridized carbons (Fsp3) is 0.261. The van der Waals surface area contributed by atoms with Crippen LogP contribution in [0.15, 0.2) is 53.3 Å². The predicted octanol–water partition coefficient (Wildman–Crippen LogP) is 4.55. The number of nitrogens with one attached hydrogen (secondary N) is 1. The molecule has 0 saturated heterocycles. The smallest absolute Gasteiger partial charge is 0.254 e. The first-order valence-electron chi connectivity index (χ1n) is 9.29. The summed E-state index contributed by atoms with van der Waals surface area (Å²) in [5.41, 5.74) is 4.96. The van der Waals surface area contributed by atoms with Gasteiger partial charge in [0.2, 0.25) is 0 Å². The van der Waals surface area contributed by atoms with E-state index in [0.29, 0.717) is 23.4 Å². The first-order valence-corrected chi connectivity index (χ1v) is 9.29. The molecule has 1 heterocycles. The first kappa shape index (κ1) is 18.6. The highest BCUT2D eigenvalue weighted by Gasteiger charge is 2.13. The lowest BCUT2D eigenvalue weighted by Gasteiger charge is -2.11. The maximum absolute atomic E-state index is 12.5. The molecule has 0 spiro atoms. The second-order valence-electron chi connectivity index (χ2n) is 6.71. The van der Waals surface area contributed by atoms with Crippen LogP contribution in [-0.2, 0) is 12.8 Å². The van der Waals surface area contributed by atoms with Gasteiger partial charge < -0.3 is 4.98 Å². The fourth-order valence-corrected chi connectivity index (χ4v) is 3.27. The molecule has 1 N–H and O–H groups in total. The van der Waals surface area contributed by atoms with Crippen LogP contribution in [0.25, 0.3) is 11.1 Å². The number of H-pyrrole nitrogens is 1. The van der Waals surface area contributed by atoms with Crippen molar-refractivity contribution in [2.45, 2.75) is 39.5 Å². The van der Waals surface area contributed by atoms with Crippen LogP contribution in [0.1, 0.15) is 48.0 Å². The summed E-state index contributed by atoms with van der Waals surface area (Å²) in [4.78, 5) is 19.9. The molecule has 4 nitrogen and oxygen atoms in total. The highest BCUT2D eigenvalue weighted by atomic mass is 16.1. The average molecular weight is 357 g/mol. The van der Waals surface area contributed by atoms with Crippen molar-refractivity contribution >= 4 is 0 Å². The molecule has 0 unspecified atom stereocenters. The second-order valence-corrected chi connectivity index (χ2v) is 6.71. The predicted molar refractivity (Wildman–Crippen MR) is 108 cm³/mol. The molecule has 136 valence electrons. The molecule has 0 amide bonds. The summed E-state index contributed by atoms with van der Waals surface area (Å²) in [5.74, 6) is 0.645. The zero-order valence-electron chi connectivity index (χ0n) is 15.7. The maximum atomic E-state index is 12.5. The summed E-state index contributed by atoms with van der Waals surface area (Å²) >= 11 is 0. The van der Waals surface area contributed by atoms with E-state index in [0.717, 1.165) is 41.6 Å². The van der Waals surface area contributed by atoms with Gasteiger partial charge in [-0.25, -0.2) is 4.98 Å². The Kier molecular flexibility index (Phi) is 5.83. The molecule has 0 saturated carbocycles. The molecule has 0 atom stereocenters. The van der Waals surface area contributed by atoms with E-state index in [-0.39, 0.29) is 5.56 Å². The molecule has 3 rings (SSSR count). The Morgan fingerprint density at radius 1 is 1.15 bits per heavy atom. The van der Waals surface area contributed by atoms with Gasteiger partial charge in [0.15, 0.2) is 0 Å². The molecule has 0 bridgehead atoms. The quantitative estimate of drug-likeness (QED) is 0.703. The molecular formula is C23H23N3O. The summed E-state index contributed by atoms with van der Waals surface area (Å²) in [6.45, 7) is 3.93. The van der Waals surface area contributed by atoms with Gasteiger partial charge in [0.25, 0.3) is 5.56 Å². The Labute approximate surface area is 159 Å². The second kappa shape index (κ2) is 8.46. The topological polar surface area (TPSA) is 69.5 Å². The minimum atomic E-state index is -0.0840. The SMILES string of the molecule is CCCCc1nc(C)[nH]c(=O)c1Cc1ccc(-c2ccccc2)c(C#N)c1. The Balaban J connectivity index is 1.98. The number of aryl methyl sites for hydroxylation is 2. The van der Waals surface area contributed by atoms with Crippen LogP contribution in [0.3, 0.4) is 0 Å². The van der Waals surface area contributed by atoms with Gasteiger partial charge in [0, 0.05) is 12.0 Å². The summed E-state index contributed by atoms with van der Waals surface area (Å²) in [7, 11) is 0. The van der Waals surface area contributed by atoms with E-state index in [1.165, 1.54) is 0 Å². The van der Waals surface area contributed by atoms with Gasteiger partial charge in [-0.1, -0.05) is 55.8 Å². The van der Waals surface area contributed by atoms with E-state index in [9.17, 15) is 10.1 Å². The Morgan fingerprint density at radius 2 is 1.93 bits per heavy atom. The minimum absolute atomic E-state index is 0.0840. The first-order chi connectivity index (χ1) is 13.1. The summed E-state index contributed by atoms with van der Waals surface area (Å²) in [5, 5.41) is 9.60. The van der Waals surface area contributed by atoms with Crippen molar-refractivity contribution < 1.29 is 0 Å². The number of nitriles is 1. The van der Waals surface area contributed by atoms with Crippen LogP contribution >= 0.6 is 0 Å². The van der Waals surface area contributed by atoms with Crippen molar-refractivity contribution in [1.29, 1.82) is 5.26 Å². The van der Waals surface area contributed by atoms with Crippen LogP contribution in [-0.4, -0.2) is 9.97 Å². The molecule has 4 heteroatoms. The Bertz CT molecular complexity index is 1030. The van der Waals surface area contributed by atoms with Gasteiger partial charge >= 0.3 is 0 Å². The van der Waals surface area contributed by atoms with Gasteiger partial charge in [0.05, 0.1) is 17.3 Å². The normalized spacial score (nSPS) is 10.6. The molecular weight excluding hydrogens is 334 g/mol. The lowest BCUT2D eigenvalue weighted by atomic mass is 9.95. The number of nitrogens with zero attached hydrogens (tertiary/aromatic N) is 2. The largest absolute Gasteiger partial charge is 0.311 e. The monoisotopic (exact) mass is 357 g/mol. The third-order valence-corrected chi connectivity index (χ3v) is 4.66. The number of hydrogen-bond donors (Lipinski definition) is 1.